The molecule has 3 aromatic carbocycles. The molecule has 4 N–H and O–H groups in total. The van der Waals surface area contributed by atoms with Crippen molar-refractivity contribution in [3.05, 3.63) is 99.9 Å². The van der Waals surface area contributed by atoms with Gasteiger partial charge in [-0.2, -0.15) is 0 Å². The summed E-state index contributed by atoms with van der Waals surface area (Å²) in [6.07, 6.45) is 0. The summed E-state index contributed by atoms with van der Waals surface area (Å²) in [5.74, 6) is -0.0692. The zero-order valence-corrected chi connectivity index (χ0v) is 19.2. The number of para-hydroxylation sites is 1. The van der Waals surface area contributed by atoms with Crippen LogP contribution in [0.25, 0.3) is 0 Å². The number of carbonyl (C=O) groups excluding carboxylic acids is 2. The van der Waals surface area contributed by atoms with Crippen molar-refractivity contribution in [2.75, 3.05) is 23.5 Å². The van der Waals surface area contributed by atoms with Crippen LogP contribution in [0.4, 0.5) is 22.1 Å². The summed E-state index contributed by atoms with van der Waals surface area (Å²) in [6, 6.07) is 22.8. The molecule has 33 heavy (non-hydrogen) atoms. The molecule has 1 amide bonds. The minimum Gasteiger partial charge on any atom is -0.497 e. The first kappa shape index (κ1) is 22.4. The van der Waals surface area contributed by atoms with Gasteiger partial charge in [-0.3, -0.25) is 9.59 Å². The molecule has 0 fully saturated rings. The van der Waals surface area contributed by atoms with E-state index < -0.39 is 5.91 Å². The molecular weight excluding hydrogens is 458 g/mol. The Kier molecular flexibility index (Phi) is 6.63. The Morgan fingerprint density at radius 2 is 1.58 bits per heavy atom. The molecule has 4 aromatic rings. The fourth-order valence-corrected chi connectivity index (χ4v) is 4.41. The standard InChI is InChI=1S/C25H20ClN3O3S/c1-32-19-13-7-15(8-14-19)22(30)23-21(27)20(24(31)28-18-11-9-16(26)10-12-18)25(33-23)29-17-5-3-2-4-6-17/h2-14,29H,27H2,1H3,(H,28,31). The third kappa shape index (κ3) is 5.00. The fourth-order valence-electron chi connectivity index (χ4n) is 3.18. The third-order valence-electron chi connectivity index (χ3n) is 4.86. The van der Waals surface area contributed by atoms with Crippen molar-refractivity contribution >= 4 is 56.7 Å². The highest BCUT2D eigenvalue weighted by molar-refractivity contribution is 7.19. The Balaban J connectivity index is 1.72. The van der Waals surface area contributed by atoms with Crippen LogP contribution in [0.3, 0.4) is 0 Å². The molecule has 0 saturated carbocycles. The van der Waals surface area contributed by atoms with Crippen LogP contribution in [0, 0.1) is 0 Å². The monoisotopic (exact) mass is 477 g/mol. The van der Waals surface area contributed by atoms with E-state index in [-0.39, 0.29) is 21.9 Å². The number of anilines is 4. The largest absolute Gasteiger partial charge is 0.497 e. The van der Waals surface area contributed by atoms with Crippen molar-refractivity contribution in [2.24, 2.45) is 0 Å². The molecule has 8 heteroatoms. The highest BCUT2D eigenvalue weighted by Crippen LogP contribution is 2.39. The number of hydrogen-bond acceptors (Lipinski definition) is 6. The topological polar surface area (TPSA) is 93.4 Å². The fraction of sp³-hybridized carbons (Fsp3) is 0.0400. The summed E-state index contributed by atoms with van der Waals surface area (Å²) in [7, 11) is 1.56. The van der Waals surface area contributed by atoms with Gasteiger partial charge in [0.2, 0.25) is 5.78 Å². The number of nitrogens with two attached hydrogens (primary N) is 1. The number of benzene rings is 3. The number of halogens is 1. The Morgan fingerprint density at radius 3 is 2.21 bits per heavy atom. The van der Waals surface area contributed by atoms with Gasteiger partial charge in [0.1, 0.15) is 15.6 Å². The van der Waals surface area contributed by atoms with E-state index in [9.17, 15) is 9.59 Å². The van der Waals surface area contributed by atoms with Crippen LogP contribution in [0.2, 0.25) is 5.02 Å². The number of hydrogen-bond donors (Lipinski definition) is 3. The number of methoxy groups -OCH3 is 1. The molecule has 0 aliphatic carbocycles. The van der Waals surface area contributed by atoms with Crippen LogP contribution in [-0.4, -0.2) is 18.8 Å². The first-order valence-corrected chi connectivity index (χ1v) is 11.2. The Morgan fingerprint density at radius 1 is 0.909 bits per heavy atom. The van der Waals surface area contributed by atoms with Gasteiger partial charge in [-0.05, 0) is 60.7 Å². The lowest BCUT2D eigenvalue weighted by Crippen LogP contribution is -2.15. The summed E-state index contributed by atoms with van der Waals surface area (Å²) < 4.78 is 5.16. The predicted molar refractivity (Wildman–Crippen MR) is 134 cm³/mol. The van der Waals surface area contributed by atoms with Crippen LogP contribution >= 0.6 is 22.9 Å². The van der Waals surface area contributed by atoms with Gasteiger partial charge >= 0.3 is 0 Å². The van der Waals surface area contributed by atoms with Gasteiger partial charge in [-0.1, -0.05) is 29.8 Å². The highest BCUT2D eigenvalue weighted by atomic mass is 35.5. The first-order valence-electron chi connectivity index (χ1n) is 9.96. The smallest absolute Gasteiger partial charge is 0.260 e. The van der Waals surface area contributed by atoms with E-state index in [4.69, 9.17) is 22.1 Å². The quantitative estimate of drug-likeness (QED) is 0.275. The first-order chi connectivity index (χ1) is 16.0. The Hall–Kier alpha value is -3.81. The van der Waals surface area contributed by atoms with Crippen molar-refractivity contribution < 1.29 is 14.3 Å². The normalized spacial score (nSPS) is 10.5. The van der Waals surface area contributed by atoms with Crippen molar-refractivity contribution in [2.45, 2.75) is 0 Å². The van der Waals surface area contributed by atoms with Crippen molar-refractivity contribution in [3.8, 4) is 5.75 Å². The average Bonchev–Trinajstić information content (AvgIpc) is 3.16. The second-order valence-corrected chi connectivity index (χ2v) is 8.52. The number of ether oxygens (including phenoxy) is 1. The van der Waals surface area contributed by atoms with Crippen LogP contribution in [0.1, 0.15) is 25.6 Å². The van der Waals surface area contributed by atoms with E-state index >= 15 is 0 Å². The molecule has 0 unspecified atom stereocenters. The van der Waals surface area contributed by atoms with Gasteiger partial charge in [0, 0.05) is 22.0 Å². The molecule has 1 heterocycles. The van der Waals surface area contributed by atoms with E-state index in [1.807, 2.05) is 30.3 Å². The molecule has 0 spiro atoms. The van der Waals surface area contributed by atoms with E-state index in [0.717, 1.165) is 17.0 Å². The second-order valence-electron chi connectivity index (χ2n) is 7.06. The van der Waals surface area contributed by atoms with Gasteiger partial charge in [0.15, 0.2) is 0 Å². The summed E-state index contributed by atoms with van der Waals surface area (Å²) >= 11 is 7.07. The minimum absolute atomic E-state index is 0.116. The lowest BCUT2D eigenvalue weighted by Gasteiger charge is -2.09. The van der Waals surface area contributed by atoms with Gasteiger partial charge in [-0.15, -0.1) is 11.3 Å². The molecular formula is C25H20ClN3O3S. The van der Waals surface area contributed by atoms with Gasteiger partial charge in [-0.25, -0.2) is 0 Å². The Bertz CT molecular complexity index is 1290. The Labute approximate surface area is 200 Å². The maximum absolute atomic E-state index is 13.2. The lowest BCUT2D eigenvalue weighted by atomic mass is 10.1. The molecule has 0 atom stereocenters. The number of nitrogens with one attached hydrogen (secondary N) is 2. The number of rotatable bonds is 7. The predicted octanol–water partition coefficient (Wildman–Crippen LogP) is 6.22. The molecule has 0 radical (unpaired) electrons. The SMILES string of the molecule is COc1ccc(C(=O)c2sc(Nc3ccccc3)c(C(=O)Nc3ccc(Cl)cc3)c2N)cc1. The van der Waals surface area contributed by atoms with Crippen LogP contribution in [0.15, 0.2) is 78.9 Å². The highest BCUT2D eigenvalue weighted by Gasteiger charge is 2.26. The average molecular weight is 478 g/mol. The maximum atomic E-state index is 13.2. The lowest BCUT2D eigenvalue weighted by molar-refractivity contribution is 0.102. The van der Waals surface area contributed by atoms with E-state index in [2.05, 4.69) is 10.6 Å². The van der Waals surface area contributed by atoms with E-state index in [0.29, 0.717) is 27.0 Å². The number of amides is 1. The number of thiophene rings is 1. The number of carbonyl (C=O) groups is 2. The van der Waals surface area contributed by atoms with E-state index in [1.165, 1.54) is 0 Å². The van der Waals surface area contributed by atoms with Crippen LogP contribution in [-0.2, 0) is 0 Å². The zero-order chi connectivity index (χ0) is 23.4. The molecule has 0 bridgehead atoms. The molecule has 6 nitrogen and oxygen atoms in total. The third-order valence-corrected chi connectivity index (χ3v) is 6.24. The summed E-state index contributed by atoms with van der Waals surface area (Å²) in [4.78, 5) is 26.7. The molecule has 0 aliphatic rings. The summed E-state index contributed by atoms with van der Waals surface area (Å²) in [5.41, 5.74) is 8.46. The van der Waals surface area contributed by atoms with Crippen LogP contribution in [0.5, 0.6) is 5.75 Å². The van der Waals surface area contributed by atoms with E-state index in [1.54, 1.807) is 55.6 Å². The molecule has 166 valence electrons. The van der Waals surface area contributed by atoms with Crippen LogP contribution < -0.4 is 21.1 Å². The minimum atomic E-state index is -0.432. The van der Waals surface area contributed by atoms with Gasteiger partial charge in [0.25, 0.3) is 5.91 Å². The second kappa shape index (κ2) is 9.77. The van der Waals surface area contributed by atoms with Gasteiger partial charge < -0.3 is 21.1 Å². The zero-order valence-electron chi connectivity index (χ0n) is 17.6. The molecule has 0 aliphatic heterocycles. The molecule has 4 rings (SSSR count). The number of nitrogen functional groups attached to an aromatic ring is 1. The maximum Gasteiger partial charge on any atom is 0.260 e. The summed E-state index contributed by atoms with van der Waals surface area (Å²) in [5, 5.41) is 7.07. The molecule has 0 saturated heterocycles. The van der Waals surface area contributed by atoms with Crippen molar-refractivity contribution in [1.82, 2.24) is 0 Å². The molecule has 1 aromatic heterocycles. The van der Waals surface area contributed by atoms with Crippen molar-refractivity contribution in [3.63, 3.8) is 0 Å². The van der Waals surface area contributed by atoms with Gasteiger partial charge in [0.05, 0.1) is 18.4 Å². The van der Waals surface area contributed by atoms with Crippen molar-refractivity contribution in [1.29, 1.82) is 0 Å². The number of ketones is 1. The summed E-state index contributed by atoms with van der Waals surface area (Å²) in [6.45, 7) is 0.